The molecule has 0 aromatic heterocycles. The molecule has 0 unspecified atom stereocenters. The largest absolute Gasteiger partial charge is 0.493 e. The van der Waals surface area contributed by atoms with E-state index >= 15 is 0 Å². The number of guanidine groups is 1. The van der Waals surface area contributed by atoms with Crippen LogP contribution in [0.1, 0.15) is 12.5 Å². The molecule has 0 amide bonds. The van der Waals surface area contributed by atoms with Crippen molar-refractivity contribution in [1.82, 2.24) is 10.2 Å². The van der Waals surface area contributed by atoms with Crippen molar-refractivity contribution in [3.8, 4) is 11.5 Å². The topological polar surface area (TPSA) is 46.1 Å². The third-order valence-electron chi connectivity index (χ3n) is 2.62. The van der Waals surface area contributed by atoms with Gasteiger partial charge in [0, 0.05) is 20.6 Å². The van der Waals surface area contributed by atoms with Crippen molar-refractivity contribution in [3.63, 3.8) is 0 Å². The summed E-state index contributed by atoms with van der Waals surface area (Å²) in [7, 11) is 7.20. The minimum Gasteiger partial charge on any atom is -0.493 e. The summed E-state index contributed by atoms with van der Waals surface area (Å²) in [4.78, 5) is 6.51. The molecule has 1 aromatic carbocycles. The first-order chi connectivity index (χ1) is 9.12. The van der Waals surface area contributed by atoms with Gasteiger partial charge in [-0.3, -0.25) is 0 Å². The number of ether oxygens (including phenoxy) is 2. The van der Waals surface area contributed by atoms with Crippen LogP contribution in [0.2, 0.25) is 0 Å². The number of hydrogen-bond donors (Lipinski definition) is 1. The van der Waals surface area contributed by atoms with Crippen molar-refractivity contribution in [2.45, 2.75) is 13.5 Å². The van der Waals surface area contributed by atoms with E-state index in [-0.39, 0.29) is 0 Å². The lowest BCUT2D eigenvalue weighted by Gasteiger charge is -2.16. The summed E-state index contributed by atoms with van der Waals surface area (Å²) in [6.45, 7) is 3.50. The fraction of sp³-hybridized carbons (Fsp3) is 0.500. The van der Waals surface area contributed by atoms with Gasteiger partial charge in [0.1, 0.15) is 0 Å². The Balaban J connectivity index is 2.84. The van der Waals surface area contributed by atoms with E-state index in [1.807, 2.05) is 37.2 Å². The summed E-state index contributed by atoms with van der Waals surface area (Å²) in [6, 6.07) is 5.83. The third kappa shape index (κ3) is 4.35. The number of nitrogens with one attached hydrogen (secondary N) is 1. The van der Waals surface area contributed by atoms with E-state index in [2.05, 4.69) is 17.2 Å². The van der Waals surface area contributed by atoms with Crippen molar-refractivity contribution in [3.05, 3.63) is 23.8 Å². The van der Waals surface area contributed by atoms with Crippen LogP contribution in [-0.2, 0) is 6.54 Å². The van der Waals surface area contributed by atoms with Crippen LogP contribution in [0, 0.1) is 0 Å². The van der Waals surface area contributed by atoms with Crippen molar-refractivity contribution in [2.24, 2.45) is 4.99 Å². The summed E-state index contributed by atoms with van der Waals surface area (Å²) >= 11 is 0. The second-order valence-electron chi connectivity index (χ2n) is 4.25. The summed E-state index contributed by atoms with van der Waals surface area (Å²) in [6.07, 6.45) is 0. The van der Waals surface area contributed by atoms with E-state index in [1.54, 1.807) is 14.2 Å². The number of rotatable bonds is 5. The number of aliphatic imine (C=N–C) groups is 1. The Kier molecular flexibility index (Phi) is 5.99. The Morgan fingerprint density at radius 1 is 1.21 bits per heavy atom. The third-order valence-corrected chi connectivity index (χ3v) is 2.62. The lowest BCUT2D eigenvalue weighted by atomic mass is 10.2. The average molecular weight is 265 g/mol. The van der Waals surface area contributed by atoms with Crippen molar-refractivity contribution in [1.29, 1.82) is 0 Å². The van der Waals surface area contributed by atoms with E-state index in [9.17, 15) is 0 Å². The predicted octanol–water partition coefficient (Wildman–Crippen LogP) is 1.73. The van der Waals surface area contributed by atoms with Crippen LogP contribution in [0.3, 0.4) is 0 Å². The first kappa shape index (κ1) is 15.1. The highest BCUT2D eigenvalue weighted by molar-refractivity contribution is 5.79. The Hall–Kier alpha value is -1.91. The number of methoxy groups -OCH3 is 2. The molecule has 0 heterocycles. The van der Waals surface area contributed by atoms with E-state index in [0.29, 0.717) is 6.54 Å². The lowest BCUT2D eigenvalue weighted by Crippen LogP contribution is -2.36. The Morgan fingerprint density at radius 2 is 1.89 bits per heavy atom. The van der Waals surface area contributed by atoms with Crippen LogP contribution in [0.4, 0.5) is 0 Å². The van der Waals surface area contributed by atoms with Crippen LogP contribution in [0.15, 0.2) is 23.2 Å². The van der Waals surface area contributed by atoms with Gasteiger partial charge in [-0.1, -0.05) is 6.07 Å². The molecule has 1 aromatic rings. The monoisotopic (exact) mass is 265 g/mol. The zero-order chi connectivity index (χ0) is 14.3. The molecule has 1 rings (SSSR count). The van der Waals surface area contributed by atoms with Gasteiger partial charge in [-0.05, 0) is 24.6 Å². The second-order valence-corrected chi connectivity index (χ2v) is 4.25. The number of nitrogens with zero attached hydrogens (tertiary/aromatic N) is 2. The van der Waals surface area contributed by atoms with Gasteiger partial charge >= 0.3 is 0 Å². The van der Waals surface area contributed by atoms with Gasteiger partial charge in [0.2, 0.25) is 0 Å². The van der Waals surface area contributed by atoms with Crippen molar-refractivity contribution in [2.75, 3.05) is 34.9 Å². The summed E-state index contributed by atoms with van der Waals surface area (Å²) in [5.74, 6) is 2.33. The van der Waals surface area contributed by atoms with Crippen LogP contribution < -0.4 is 14.8 Å². The van der Waals surface area contributed by atoms with E-state index in [1.165, 1.54) is 0 Å². The van der Waals surface area contributed by atoms with Crippen LogP contribution in [0.25, 0.3) is 0 Å². The van der Waals surface area contributed by atoms with E-state index < -0.39 is 0 Å². The normalized spacial score (nSPS) is 11.1. The summed E-state index contributed by atoms with van der Waals surface area (Å²) < 4.78 is 10.5. The number of hydrogen-bond acceptors (Lipinski definition) is 3. The second kappa shape index (κ2) is 7.51. The molecule has 19 heavy (non-hydrogen) atoms. The number of benzene rings is 1. The zero-order valence-electron chi connectivity index (χ0n) is 12.4. The first-order valence-corrected chi connectivity index (χ1v) is 6.28. The molecule has 0 bridgehead atoms. The highest BCUT2D eigenvalue weighted by Crippen LogP contribution is 2.27. The van der Waals surface area contributed by atoms with Crippen molar-refractivity contribution < 1.29 is 9.47 Å². The van der Waals surface area contributed by atoms with Gasteiger partial charge < -0.3 is 19.7 Å². The fourth-order valence-corrected chi connectivity index (χ4v) is 1.66. The van der Waals surface area contributed by atoms with E-state index in [4.69, 9.17) is 9.47 Å². The molecule has 5 nitrogen and oxygen atoms in total. The molecule has 0 saturated carbocycles. The summed E-state index contributed by atoms with van der Waals surface area (Å²) in [5, 5.41) is 3.22. The average Bonchev–Trinajstić information content (AvgIpc) is 2.42. The molecule has 0 aliphatic carbocycles. The highest BCUT2D eigenvalue weighted by atomic mass is 16.5. The van der Waals surface area contributed by atoms with Gasteiger partial charge in [-0.2, -0.15) is 0 Å². The molecule has 0 radical (unpaired) electrons. The highest BCUT2D eigenvalue weighted by Gasteiger charge is 2.05. The molecule has 0 atom stereocenters. The maximum atomic E-state index is 5.28. The molecule has 1 N–H and O–H groups in total. The molecule has 0 spiro atoms. The minimum atomic E-state index is 0.598. The van der Waals surface area contributed by atoms with Gasteiger partial charge in [-0.25, -0.2) is 4.99 Å². The van der Waals surface area contributed by atoms with Gasteiger partial charge in [0.25, 0.3) is 0 Å². The lowest BCUT2D eigenvalue weighted by molar-refractivity contribution is 0.354. The van der Waals surface area contributed by atoms with Gasteiger partial charge in [-0.15, -0.1) is 0 Å². The molecular weight excluding hydrogens is 242 g/mol. The van der Waals surface area contributed by atoms with Crippen LogP contribution in [0.5, 0.6) is 11.5 Å². The van der Waals surface area contributed by atoms with Gasteiger partial charge in [0.15, 0.2) is 17.5 Å². The van der Waals surface area contributed by atoms with Crippen molar-refractivity contribution >= 4 is 5.96 Å². The SMILES string of the molecule is CCNC(=NCc1ccc(OC)c(OC)c1)N(C)C. The summed E-state index contributed by atoms with van der Waals surface area (Å²) in [5.41, 5.74) is 1.08. The molecule has 0 aliphatic rings. The van der Waals surface area contributed by atoms with Crippen LogP contribution >= 0.6 is 0 Å². The Morgan fingerprint density at radius 3 is 2.42 bits per heavy atom. The molecule has 106 valence electrons. The molecular formula is C14H23N3O2. The van der Waals surface area contributed by atoms with Gasteiger partial charge in [0.05, 0.1) is 20.8 Å². The maximum absolute atomic E-state index is 5.28. The standard InChI is InChI=1S/C14H23N3O2/c1-6-15-14(17(2)3)16-10-11-7-8-12(18-4)13(9-11)19-5/h7-9H,6,10H2,1-5H3,(H,15,16). The maximum Gasteiger partial charge on any atom is 0.193 e. The zero-order valence-corrected chi connectivity index (χ0v) is 12.4. The first-order valence-electron chi connectivity index (χ1n) is 6.28. The smallest absolute Gasteiger partial charge is 0.193 e. The molecule has 0 fully saturated rings. The molecule has 0 aliphatic heterocycles. The predicted molar refractivity (Wildman–Crippen MR) is 78.0 cm³/mol. The molecule has 5 heteroatoms. The Labute approximate surface area is 115 Å². The minimum absolute atomic E-state index is 0.598. The van der Waals surface area contributed by atoms with E-state index in [0.717, 1.165) is 29.6 Å². The Bertz CT molecular complexity index is 431. The fourth-order valence-electron chi connectivity index (χ4n) is 1.66. The molecule has 0 saturated heterocycles. The quantitative estimate of drug-likeness (QED) is 0.650. The van der Waals surface area contributed by atoms with Crippen LogP contribution in [-0.4, -0.2) is 45.7 Å².